The van der Waals surface area contributed by atoms with Gasteiger partial charge in [-0.3, -0.25) is 0 Å². The highest BCUT2D eigenvalue weighted by molar-refractivity contribution is 5.79. The first-order valence-electron chi connectivity index (χ1n) is 5.88. The van der Waals surface area contributed by atoms with Crippen LogP contribution in [0.25, 0.3) is 0 Å². The average Bonchev–Trinajstić information content (AvgIpc) is 2.28. The van der Waals surface area contributed by atoms with Gasteiger partial charge in [0, 0.05) is 0 Å². The lowest BCUT2D eigenvalue weighted by atomic mass is 9.74. The van der Waals surface area contributed by atoms with Crippen LogP contribution in [0.3, 0.4) is 0 Å². The van der Waals surface area contributed by atoms with E-state index in [-0.39, 0.29) is 19.4 Å². The van der Waals surface area contributed by atoms with E-state index in [4.69, 9.17) is 0 Å². The van der Waals surface area contributed by atoms with E-state index in [9.17, 15) is 31.9 Å². The Labute approximate surface area is 106 Å². The fourth-order valence-electron chi connectivity index (χ4n) is 2.23. The summed E-state index contributed by atoms with van der Waals surface area (Å²) in [6.07, 6.45) is -6.98. The summed E-state index contributed by atoms with van der Waals surface area (Å²) in [5.41, 5.74) is -3.00. The lowest BCUT2D eigenvalue weighted by Crippen LogP contribution is -2.57. The normalized spacial score (nSPS) is 29.1. The first-order valence-corrected chi connectivity index (χ1v) is 5.88. The largest absolute Gasteiger partial charge is 0.461 e. The number of halogens is 5. The molecule has 3 nitrogen and oxygen atoms in total. The average molecular weight is 290 g/mol. The minimum absolute atomic E-state index is 0.227. The summed E-state index contributed by atoms with van der Waals surface area (Å²) in [7, 11) is 0. The molecule has 1 rings (SSSR count). The van der Waals surface area contributed by atoms with Crippen LogP contribution in [0.5, 0.6) is 0 Å². The smallest absolute Gasteiger partial charge is 0.391 e. The van der Waals surface area contributed by atoms with Crippen LogP contribution in [-0.2, 0) is 9.53 Å². The lowest BCUT2D eigenvalue weighted by molar-refractivity contribution is -0.249. The molecule has 0 aromatic carbocycles. The zero-order valence-corrected chi connectivity index (χ0v) is 10.3. The highest BCUT2D eigenvalue weighted by atomic mass is 19.4. The predicted octanol–water partition coefficient (Wildman–Crippen LogP) is 2.67. The molecule has 0 spiro atoms. The fourth-order valence-corrected chi connectivity index (χ4v) is 2.23. The Bertz CT molecular complexity index is 342. The minimum atomic E-state index is -4.67. The molecular weight excluding hydrogens is 275 g/mol. The van der Waals surface area contributed by atoms with Gasteiger partial charge in [-0.25, -0.2) is 4.79 Å². The Morgan fingerprint density at radius 1 is 1.37 bits per heavy atom. The third kappa shape index (κ3) is 3.16. The second kappa shape index (κ2) is 5.22. The zero-order valence-electron chi connectivity index (χ0n) is 10.3. The summed E-state index contributed by atoms with van der Waals surface area (Å²) in [5.74, 6) is -8.36. The Morgan fingerprint density at radius 2 is 1.95 bits per heavy atom. The summed E-state index contributed by atoms with van der Waals surface area (Å²) in [4.78, 5) is 11.1. The molecular formula is C11H15F5O3. The van der Waals surface area contributed by atoms with Gasteiger partial charge < -0.3 is 9.84 Å². The Balaban J connectivity index is 2.93. The van der Waals surface area contributed by atoms with Gasteiger partial charge in [-0.15, -0.1) is 0 Å². The van der Waals surface area contributed by atoms with E-state index in [1.165, 1.54) is 6.92 Å². The first kappa shape index (κ1) is 16.1. The van der Waals surface area contributed by atoms with E-state index in [1.807, 2.05) is 0 Å². The maximum atomic E-state index is 13.7. The van der Waals surface area contributed by atoms with Gasteiger partial charge in [0.15, 0.2) is 0 Å². The van der Waals surface area contributed by atoms with Crippen LogP contribution in [0, 0.1) is 5.92 Å². The van der Waals surface area contributed by atoms with E-state index in [0.717, 1.165) is 0 Å². The lowest BCUT2D eigenvalue weighted by Gasteiger charge is -2.40. The second-order valence-corrected chi connectivity index (χ2v) is 4.66. The highest BCUT2D eigenvalue weighted by Gasteiger charge is 2.63. The van der Waals surface area contributed by atoms with Crippen molar-refractivity contribution in [3.8, 4) is 0 Å². The number of ether oxygens (including phenoxy) is 1. The summed E-state index contributed by atoms with van der Waals surface area (Å²) < 4.78 is 69.3. The highest BCUT2D eigenvalue weighted by Crippen LogP contribution is 2.47. The van der Waals surface area contributed by atoms with Crippen molar-refractivity contribution in [2.24, 2.45) is 5.92 Å². The number of esters is 1. The Morgan fingerprint density at radius 3 is 2.42 bits per heavy atom. The van der Waals surface area contributed by atoms with Crippen molar-refractivity contribution < 1.29 is 36.6 Å². The molecule has 1 aliphatic carbocycles. The number of rotatable bonds is 3. The summed E-state index contributed by atoms with van der Waals surface area (Å²) in [5, 5.41) is 9.78. The number of aliphatic hydroxyl groups is 1. The van der Waals surface area contributed by atoms with Crippen LogP contribution in [0.1, 0.15) is 32.6 Å². The monoisotopic (exact) mass is 290 g/mol. The third-order valence-electron chi connectivity index (χ3n) is 3.31. The third-order valence-corrected chi connectivity index (χ3v) is 3.31. The van der Waals surface area contributed by atoms with E-state index < -0.39 is 42.4 Å². The second-order valence-electron chi connectivity index (χ2n) is 4.66. The van der Waals surface area contributed by atoms with Crippen molar-refractivity contribution in [3.05, 3.63) is 0 Å². The molecule has 0 aromatic heterocycles. The Hall–Kier alpha value is -0.920. The molecule has 0 radical (unpaired) electrons. The molecule has 0 aromatic rings. The van der Waals surface area contributed by atoms with E-state index in [2.05, 4.69) is 4.74 Å². The van der Waals surface area contributed by atoms with Crippen LogP contribution in [0.4, 0.5) is 22.0 Å². The number of alkyl halides is 5. The van der Waals surface area contributed by atoms with Crippen molar-refractivity contribution in [1.29, 1.82) is 0 Å². The van der Waals surface area contributed by atoms with Crippen LogP contribution in [-0.4, -0.2) is 35.4 Å². The zero-order chi connectivity index (χ0) is 14.9. The van der Waals surface area contributed by atoms with Crippen LogP contribution >= 0.6 is 0 Å². The van der Waals surface area contributed by atoms with Crippen LogP contribution in [0.2, 0.25) is 0 Å². The van der Waals surface area contributed by atoms with Crippen LogP contribution < -0.4 is 0 Å². The Kier molecular flexibility index (Phi) is 4.44. The molecule has 1 saturated carbocycles. The molecule has 1 N–H and O–H groups in total. The molecule has 0 aliphatic heterocycles. The van der Waals surface area contributed by atoms with Crippen molar-refractivity contribution in [2.45, 2.75) is 50.3 Å². The van der Waals surface area contributed by atoms with E-state index >= 15 is 0 Å². The van der Waals surface area contributed by atoms with Crippen LogP contribution in [0.15, 0.2) is 0 Å². The standard InChI is InChI=1S/C11H15F5O3/c1-2-19-8(17)10(12,13)9(18)5-3-4-7(6-9)11(14,15)16/h7,18H,2-6H2,1H3. The predicted molar refractivity (Wildman–Crippen MR) is 54.5 cm³/mol. The fraction of sp³-hybridized carbons (Fsp3) is 0.909. The number of hydrogen-bond donors (Lipinski definition) is 1. The van der Waals surface area contributed by atoms with E-state index in [0.29, 0.717) is 0 Å². The molecule has 0 amide bonds. The number of carbonyl (C=O) groups excluding carboxylic acids is 1. The van der Waals surface area contributed by atoms with Gasteiger partial charge in [-0.2, -0.15) is 22.0 Å². The molecule has 112 valence electrons. The number of carbonyl (C=O) groups is 1. The van der Waals surface area contributed by atoms with Crippen molar-refractivity contribution in [3.63, 3.8) is 0 Å². The maximum absolute atomic E-state index is 13.7. The molecule has 8 heteroatoms. The van der Waals surface area contributed by atoms with Gasteiger partial charge >= 0.3 is 18.1 Å². The molecule has 1 fully saturated rings. The molecule has 1 aliphatic rings. The van der Waals surface area contributed by atoms with Gasteiger partial charge in [0.25, 0.3) is 0 Å². The van der Waals surface area contributed by atoms with Crippen molar-refractivity contribution >= 4 is 5.97 Å². The molecule has 0 heterocycles. The molecule has 0 saturated heterocycles. The number of hydrogen-bond acceptors (Lipinski definition) is 3. The SMILES string of the molecule is CCOC(=O)C(F)(F)C1(O)CCCC(C(F)(F)F)C1. The molecule has 19 heavy (non-hydrogen) atoms. The quantitative estimate of drug-likeness (QED) is 0.642. The first-order chi connectivity index (χ1) is 8.54. The molecule has 2 unspecified atom stereocenters. The van der Waals surface area contributed by atoms with Crippen molar-refractivity contribution in [1.82, 2.24) is 0 Å². The van der Waals surface area contributed by atoms with E-state index in [1.54, 1.807) is 0 Å². The topological polar surface area (TPSA) is 46.5 Å². The summed E-state index contributed by atoms with van der Waals surface area (Å²) in [6.45, 7) is 0.949. The van der Waals surface area contributed by atoms with Gasteiger partial charge in [-0.05, 0) is 32.6 Å². The van der Waals surface area contributed by atoms with Gasteiger partial charge in [-0.1, -0.05) is 0 Å². The van der Waals surface area contributed by atoms with Gasteiger partial charge in [0.1, 0.15) is 5.60 Å². The molecule has 0 bridgehead atoms. The minimum Gasteiger partial charge on any atom is -0.461 e. The van der Waals surface area contributed by atoms with Crippen molar-refractivity contribution in [2.75, 3.05) is 6.61 Å². The summed E-state index contributed by atoms with van der Waals surface area (Å²) in [6, 6.07) is 0. The van der Waals surface area contributed by atoms with Gasteiger partial charge in [0.05, 0.1) is 12.5 Å². The van der Waals surface area contributed by atoms with Gasteiger partial charge in [0.2, 0.25) is 0 Å². The summed E-state index contributed by atoms with van der Waals surface area (Å²) >= 11 is 0. The maximum Gasteiger partial charge on any atom is 0.391 e. The molecule has 2 atom stereocenters.